The van der Waals surface area contributed by atoms with Gasteiger partial charge in [-0.05, 0) is 25.8 Å². The Balaban J connectivity index is 1.94. The summed E-state index contributed by atoms with van der Waals surface area (Å²) in [5.74, 6) is 0. The van der Waals surface area contributed by atoms with Crippen LogP contribution in [0.1, 0.15) is 31.9 Å². The first-order chi connectivity index (χ1) is 9.31. The smallest absolute Gasteiger partial charge is 0.0478 e. The average Bonchev–Trinajstić information content (AvgIpc) is 2.45. The van der Waals surface area contributed by atoms with Gasteiger partial charge in [0.25, 0.3) is 0 Å². The van der Waals surface area contributed by atoms with Crippen molar-refractivity contribution in [2.24, 2.45) is 0 Å². The van der Waals surface area contributed by atoms with Gasteiger partial charge in [0.15, 0.2) is 0 Å². The van der Waals surface area contributed by atoms with Gasteiger partial charge in [-0.2, -0.15) is 0 Å². The summed E-state index contributed by atoms with van der Waals surface area (Å²) < 4.78 is 5.45. The third-order valence-electron chi connectivity index (χ3n) is 3.73. The summed E-state index contributed by atoms with van der Waals surface area (Å²) in [7, 11) is 0. The predicted molar refractivity (Wildman–Crippen MR) is 79.3 cm³/mol. The molecule has 1 aliphatic rings. The topological polar surface area (TPSA) is 24.5 Å². The van der Waals surface area contributed by atoms with Gasteiger partial charge in [0, 0.05) is 44.9 Å². The summed E-state index contributed by atoms with van der Waals surface area (Å²) >= 11 is 0. The van der Waals surface area contributed by atoms with Crippen molar-refractivity contribution in [2.45, 2.75) is 32.4 Å². The van der Waals surface area contributed by atoms with E-state index in [0.717, 1.165) is 39.3 Å². The fourth-order valence-electron chi connectivity index (χ4n) is 2.75. The fraction of sp³-hybridized carbons (Fsp3) is 0.625. The van der Waals surface area contributed by atoms with Gasteiger partial charge in [0.2, 0.25) is 0 Å². The van der Waals surface area contributed by atoms with Gasteiger partial charge in [-0.1, -0.05) is 30.3 Å². The van der Waals surface area contributed by atoms with Gasteiger partial charge in [-0.25, -0.2) is 0 Å². The molecule has 1 heterocycles. The lowest BCUT2D eigenvalue weighted by Gasteiger charge is -2.39. The molecule has 2 unspecified atom stereocenters. The van der Waals surface area contributed by atoms with Crippen LogP contribution in [-0.4, -0.2) is 43.8 Å². The van der Waals surface area contributed by atoms with Crippen molar-refractivity contribution in [3.63, 3.8) is 0 Å². The molecule has 1 fully saturated rings. The first-order valence-electron chi connectivity index (χ1n) is 7.41. The molecule has 3 nitrogen and oxygen atoms in total. The molecule has 0 bridgehead atoms. The minimum atomic E-state index is 0.499. The minimum Gasteiger partial charge on any atom is -0.382 e. The van der Waals surface area contributed by atoms with E-state index in [0.29, 0.717) is 12.1 Å². The monoisotopic (exact) mass is 262 g/mol. The van der Waals surface area contributed by atoms with E-state index in [1.165, 1.54) is 5.56 Å². The van der Waals surface area contributed by atoms with Gasteiger partial charge in [-0.15, -0.1) is 0 Å². The molecule has 106 valence electrons. The number of hydrogen-bond acceptors (Lipinski definition) is 3. The van der Waals surface area contributed by atoms with Crippen LogP contribution in [0, 0.1) is 0 Å². The van der Waals surface area contributed by atoms with Gasteiger partial charge < -0.3 is 10.1 Å². The van der Waals surface area contributed by atoms with E-state index in [9.17, 15) is 0 Å². The zero-order valence-corrected chi connectivity index (χ0v) is 12.1. The highest BCUT2D eigenvalue weighted by Crippen LogP contribution is 2.23. The van der Waals surface area contributed by atoms with Crippen LogP contribution >= 0.6 is 0 Å². The molecule has 1 saturated heterocycles. The molecule has 3 heteroatoms. The molecule has 2 rings (SSSR count). The number of ether oxygens (including phenoxy) is 1. The SMILES string of the molecule is CCOCCCN1CC(C)NCC1c1ccccc1. The number of hydrogen-bond donors (Lipinski definition) is 1. The average molecular weight is 262 g/mol. The van der Waals surface area contributed by atoms with Crippen LogP contribution in [0.25, 0.3) is 0 Å². The van der Waals surface area contributed by atoms with Crippen LogP contribution in [0.3, 0.4) is 0 Å². The van der Waals surface area contributed by atoms with Crippen molar-refractivity contribution in [2.75, 3.05) is 32.8 Å². The highest BCUT2D eigenvalue weighted by molar-refractivity contribution is 5.20. The molecule has 0 radical (unpaired) electrons. The van der Waals surface area contributed by atoms with Crippen molar-refractivity contribution >= 4 is 0 Å². The van der Waals surface area contributed by atoms with Crippen LogP contribution < -0.4 is 5.32 Å². The molecule has 0 aromatic heterocycles. The molecule has 1 aromatic carbocycles. The Morgan fingerprint density at radius 3 is 2.84 bits per heavy atom. The molecule has 0 saturated carbocycles. The number of benzene rings is 1. The molecular formula is C16H26N2O. The van der Waals surface area contributed by atoms with E-state index in [2.05, 4.69) is 54.4 Å². The second-order valence-electron chi connectivity index (χ2n) is 5.28. The first-order valence-corrected chi connectivity index (χ1v) is 7.41. The van der Waals surface area contributed by atoms with E-state index < -0.39 is 0 Å². The van der Waals surface area contributed by atoms with E-state index >= 15 is 0 Å². The Morgan fingerprint density at radius 2 is 2.11 bits per heavy atom. The molecular weight excluding hydrogens is 236 g/mol. The second-order valence-corrected chi connectivity index (χ2v) is 5.28. The van der Waals surface area contributed by atoms with Crippen LogP contribution in [-0.2, 0) is 4.74 Å². The van der Waals surface area contributed by atoms with Crippen LogP contribution in [0.15, 0.2) is 30.3 Å². The zero-order valence-electron chi connectivity index (χ0n) is 12.1. The molecule has 0 spiro atoms. The Bertz CT molecular complexity index is 355. The lowest BCUT2D eigenvalue weighted by molar-refractivity contribution is 0.0997. The van der Waals surface area contributed by atoms with Crippen LogP contribution in [0.2, 0.25) is 0 Å². The zero-order chi connectivity index (χ0) is 13.5. The third kappa shape index (κ3) is 4.30. The van der Waals surface area contributed by atoms with Crippen LogP contribution in [0.4, 0.5) is 0 Å². The fourth-order valence-corrected chi connectivity index (χ4v) is 2.75. The van der Waals surface area contributed by atoms with Crippen molar-refractivity contribution in [3.05, 3.63) is 35.9 Å². The van der Waals surface area contributed by atoms with E-state index in [1.54, 1.807) is 0 Å². The molecule has 0 amide bonds. The lowest BCUT2D eigenvalue weighted by atomic mass is 10.0. The lowest BCUT2D eigenvalue weighted by Crippen LogP contribution is -2.51. The number of nitrogens with zero attached hydrogens (tertiary/aromatic N) is 1. The molecule has 1 aromatic rings. The van der Waals surface area contributed by atoms with Gasteiger partial charge in [-0.3, -0.25) is 4.90 Å². The molecule has 19 heavy (non-hydrogen) atoms. The Labute approximate surface area is 116 Å². The summed E-state index contributed by atoms with van der Waals surface area (Å²) in [5.41, 5.74) is 1.42. The predicted octanol–water partition coefficient (Wildman–Crippen LogP) is 2.45. The third-order valence-corrected chi connectivity index (χ3v) is 3.73. The summed E-state index contributed by atoms with van der Waals surface area (Å²) in [5, 5.41) is 3.59. The van der Waals surface area contributed by atoms with Crippen molar-refractivity contribution in [1.82, 2.24) is 10.2 Å². The number of piperazine rings is 1. The Kier molecular flexibility index (Phi) is 5.83. The summed E-state index contributed by atoms with van der Waals surface area (Å²) in [6.45, 7) is 9.28. The maximum absolute atomic E-state index is 5.45. The molecule has 1 aliphatic heterocycles. The Hall–Kier alpha value is -0.900. The molecule has 1 N–H and O–H groups in total. The van der Waals surface area contributed by atoms with Gasteiger partial charge in [0.1, 0.15) is 0 Å². The van der Waals surface area contributed by atoms with Crippen molar-refractivity contribution in [3.8, 4) is 0 Å². The highest BCUT2D eigenvalue weighted by Gasteiger charge is 2.26. The number of nitrogens with one attached hydrogen (secondary N) is 1. The second kappa shape index (κ2) is 7.63. The first kappa shape index (κ1) is 14.5. The van der Waals surface area contributed by atoms with Crippen LogP contribution in [0.5, 0.6) is 0 Å². The van der Waals surface area contributed by atoms with Crippen molar-refractivity contribution in [1.29, 1.82) is 0 Å². The standard InChI is InChI=1S/C16H26N2O/c1-3-19-11-7-10-18-13-14(2)17-12-16(18)15-8-5-4-6-9-15/h4-6,8-9,14,16-17H,3,7,10-13H2,1-2H3. The van der Waals surface area contributed by atoms with E-state index in [1.807, 2.05) is 0 Å². The quantitative estimate of drug-likeness (QED) is 0.797. The highest BCUT2D eigenvalue weighted by atomic mass is 16.5. The summed E-state index contributed by atoms with van der Waals surface area (Å²) in [6.07, 6.45) is 1.11. The normalized spacial score (nSPS) is 24.5. The largest absolute Gasteiger partial charge is 0.382 e. The van der Waals surface area contributed by atoms with Crippen molar-refractivity contribution < 1.29 is 4.74 Å². The summed E-state index contributed by atoms with van der Waals surface area (Å²) in [6, 6.07) is 11.9. The van der Waals surface area contributed by atoms with Gasteiger partial charge in [0.05, 0.1) is 0 Å². The maximum Gasteiger partial charge on any atom is 0.0478 e. The number of rotatable bonds is 6. The van der Waals surface area contributed by atoms with E-state index in [-0.39, 0.29) is 0 Å². The summed E-state index contributed by atoms with van der Waals surface area (Å²) in [4.78, 5) is 2.59. The molecule has 2 atom stereocenters. The molecule has 0 aliphatic carbocycles. The van der Waals surface area contributed by atoms with Gasteiger partial charge >= 0.3 is 0 Å². The minimum absolute atomic E-state index is 0.499. The maximum atomic E-state index is 5.45. The Morgan fingerprint density at radius 1 is 1.32 bits per heavy atom. The van der Waals surface area contributed by atoms with E-state index in [4.69, 9.17) is 4.74 Å².